The monoisotopic (exact) mass is 233 g/mol. The predicted molar refractivity (Wildman–Crippen MR) is 68.0 cm³/mol. The molecule has 1 fully saturated rings. The van der Waals surface area contributed by atoms with E-state index < -0.39 is 0 Å². The molecule has 0 unspecified atom stereocenters. The first-order valence-electron chi connectivity index (χ1n) is 6.15. The SMILES string of the molecule is Cc1cc(C)c(C(=O)OC2CCCC2)cc1N. The van der Waals surface area contributed by atoms with Crippen molar-refractivity contribution in [1.29, 1.82) is 0 Å². The number of rotatable bonds is 2. The van der Waals surface area contributed by atoms with E-state index in [0.717, 1.165) is 36.8 Å². The zero-order valence-corrected chi connectivity index (χ0v) is 10.5. The Morgan fingerprint density at radius 2 is 1.88 bits per heavy atom. The molecule has 0 spiro atoms. The molecule has 2 N–H and O–H groups in total. The summed E-state index contributed by atoms with van der Waals surface area (Å²) in [5, 5.41) is 0. The molecule has 0 heterocycles. The number of esters is 1. The van der Waals surface area contributed by atoms with Crippen LogP contribution >= 0.6 is 0 Å². The Morgan fingerprint density at radius 1 is 1.24 bits per heavy atom. The number of nitrogens with two attached hydrogens (primary N) is 1. The molecule has 1 aromatic rings. The average Bonchev–Trinajstić information content (AvgIpc) is 2.76. The maximum Gasteiger partial charge on any atom is 0.338 e. The zero-order chi connectivity index (χ0) is 12.4. The zero-order valence-electron chi connectivity index (χ0n) is 10.5. The normalized spacial score (nSPS) is 16.1. The van der Waals surface area contributed by atoms with Crippen LogP contribution in [0.2, 0.25) is 0 Å². The molecule has 3 nitrogen and oxygen atoms in total. The lowest BCUT2D eigenvalue weighted by molar-refractivity contribution is 0.0317. The van der Waals surface area contributed by atoms with E-state index in [-0.39, 0.29) is 12.1 Å². The first-order chi connectivity index (χ1) is 8.08. The van der Waals surface area contributed by atoms with Crippen LogP contribution in [-0.4, -0.2) is 12.1 Å². The van der Waals surface area contributed by atoms with E-state index in [4.69, 9.17) is 10.5 Å². The molecule has 0 radical (unpaired) electrons. The lowest BCUT2D eigenvalue weighted by Gasteiger charge is -2.13. The Hall–Kier alpha value is -1.51. The van der Waals surface area contributed by atoms with Gasteiger partial charge in [0.15, 0.2) is 0 Å². The summed E-state index contributed by atoms with van der Waals surface area (Å²) < 4.78 is 5.48. The second-order valence-electron chi connectivity index (χ2n) is 4.84. The molecule has 1 aliphatic rings. The topological polar surface area (TPSA) is 52.3 Å². The van der Waals surface area contributed by atoms with Gasteiger partial charge in [-0.3, -0.25) is 0 Å². The van der Waals surface area contributed by atoms with Crippen molar-refractivity contribution in [2.45, 2.75) is 45.6 Å². The van der Waals surface area contributed by atoms with Gasteiger partial charge in [0, 0.05) is 5.69 Å². The second kappa shape index (κ2) is 4.78. The molecule has 0 aromatic heterocycles. The Balaban J connectivity index is 2.15. The van der Waals surface area contributed by atoms with Crippen molar-refractivity contribution in [3.63, 3.8) is 0 Å². The third-order valence-corrected chi connectivity index (χ3v) is 3.41. The maximum atomic E-state index is 12.0. The maximum absolute atomic E-state index is 12.0. The fourth-order valence-electron chi connectivity index (χ4n) is 2.31. The van der Waals surface area contributed by atoms with E-state index >= 15 is 0 Å². The van der Waals surface area contributed by atoms with Crippen molar-refractivity contribution in [2.75, 3.05) is 5.73 Å². The largest absolute Gasteiger partial charge is 0.459 e. The lowest BCUT2D eigenvalue weighted by Crippen LogP contribution is -2.16. The van der Waals surface area contributed by atoms with Gasteiger partial charge in [-0.15, -0.1) is 0 Å². The molecule has 1 aliphatic carbocycles. The van der Waals surface area contributed by atoms with Gasteiger partial charge in [-0.05, 0) is 56.7 Å². The van der Waals surface area contributed by atoms with E-state index in [1.54, 1.807) is 6.07 Å². The molecule has 3 heteroatoms. The molecule has 0 aliphatic heterocycles. The standard InChI is InChI=1S/C14H19NO2/c1-9-7-10(2)13(15)8-12(9)14(16)17-11-5-3-4-6-11/h7-8,11H,3-6,15H2,1-2H3. The van der Waals surface area contributed by atoms with E-state index in [1.165, 1.54) is 0 Å². The summed E-state index contributed by atoms with van der Waals surface area (Å²) >= 11 is 0. The fraction of sp³-hybridized carbons (Fsp3) is 0.500. The summed E-state index contributed by atoms with van der Waals surface area (Å²) in [5.74, 6) is -0.235. The molecule has 1 saturated carbocycles. The van der Waals surface area contributed by atoms with Crippen LogP contribution < -0.4 is 5.73 Å². The highest BCUT2D eigenvalue weighted by Crippen LogP contribution is 2.24. The minimum absolute atomic E-state index is 0.101. The van der Waals surface area contributed by atoms with Gasteiger partial charge >= 0.3 is 5.97 Å². The number of benzene rings is 1. The number of hydrogen-bond donors (Lipinski definition) is 1. The summed E-state index contributed by atoms with van der Waals surface area (Å²) in [7, 11) is 0. The quantitative estimate of drug-likeness (QED) is 0.631. The van der Waals surface area contributed by atoms with E-state index in [1.807, 2.05) is 19.9 Å². The fourth-order valence-corrected chi connectivity index (χ4v) is 2.31. The Morgan fingerprint density at radius 3 is 2.53 bits per heavy atom. The predicted octanol–water partition coefficient (Wildman–Crippen LogP) is 2.99. The molecule has 0 saturated heterocycles. The highest BCUT2D eigenvalue weighted by atomic mass is 16.5. The van der Waals surface area contributed by atoms with Crippen LogP contribution in [0.25, 0.3) is 0 Å². The molecule has 0 bridgehead atoms. The van der Waals surface area contributed by atoms with Gasteiger partial charge in [0.2, 0.25) is 0 Å². The average molecular weight is 233 g/mol. The summed E-state index contributed by atoms with van der Waals surface area (Å²) in [4.78, 5) is 12.0. The van der Waals surface area contributed by atoms with E-state index in [9.17, 15) is 4.79 Å². The number of carbonyl (C=O) groups excluding carboxylic acids is 1. The Bertz CT molecular complexity index is 434. The molecule has 0 atom stereocenters. The molecular weight excluding hydrogens is 214 g/mol. The van der Waals surface area contributed by atoms with Gasteiger partial charge in [-0.25, -0.2) is 4.79 Å². The number of anilines is 1. The van der Waals surface area contributed by atoms with Crippen molar-refractivity contribution >= 4 is 11.7 Å². The van der Waals surface area contributed by atoms with Gasteiger partial charge in [-0.2, -0.15) is 0 Å². The molecule has 0 amide bonds. The number of nitrogen functional groups attached to an aromatic ring is 1. The summed E-state index contributed by atoms with van der Waals surface area (Å²) in [6.07, 6.45) is 4.41. The van der Waals surface area contributed by atoms with Crippen LogP contribution in [0.3, 0.4) is 0 Å². The number of hydrogen-bond acceptors (Lipinski definition) is 3. The van der Waals surface area contributed by atoms with Crippen molar-refractivity contribution in [3.05, 3.63) is 28.8 Å². The summed E-state index contributed by atoms with van der Waals surface area (Å²) in [5.41, 5.74) is 9.00. The number of ether oxygens (including phenoxy) is 1. The molecule has 1 aromatic carbocycles. The molecule has 92 valence electrons. The summed E-state index contributed by atoms with van der Waals surface area (Å²) in [6, 6.07) is 3.66. The minimum Gasteiger partial charge on any atom is -0.459 e. The van der Waals surface area contributed by atoms with E-state index in [0.29, 0.717) is 11.3 Å². The third-order valence-electron chi connectivity index (χ3n) is 3.41. The first kappa shape index (κ1) is 12.0. The summed E-state index contributed by atoms with van der Waals surface area (Å²) in [6.45, 7) is 3.85. The van der Waals surface area contributed by atoms with Crippen molar-refractivity contribution < 1.29 is 9.53 Å². The van der Waals surface area contributed by atoms with Gasteiger partial charge in [0.05, 0.1) is 5.56 Å². The molecular formula is C14H19NO2. The molecule has 17 heavy (non-hydrogen) atoms. The van der Waals surface area contributed by atoms with Crippen LogP contribution in [0, 0.1) is 13.8 Å². The molecule has 2 rings (SSSR count). The van der Waals surface area contributed by atoms with Crippen molar-refractivity contribution in [3.8, 4) is 0 Å². The van der Waals surface area contributed by atoms with Crippen LogP contribution in [-0.2, 0) is 4.74 Å². The van der Waals surface area contributed by atoms with Crippen LogP contribution in [0.4, 0.5) is 5.69 Å². The first-order valence-corrected chi connectivity index (χ1v) is 6.15. The van der Waals surface area contributed by atoms with E-state index in [2.05, 4.69) is 0 Å². The number of aryl methyl sites for hydroxylation is 2. The van der Waals surface area contributed by atoms with Gasteiger partial charge in [0.25, 0.3) is 0 Å². The van der Waals surface area contributed by atoms with Gasteiger partial charge in [-0.1, -0.05) is 6.07 Å². The van der Waals surface area contributed by atoms with Gasteiger partial charge < -0.3 is 10.5 Å². The highest BCUT2D eigenvalue weighted by molar-refractivity contribution is 5.92. The van der Waals surface area contributed by atoms with Crippen molar-refractivity contribution in [2.24, 2.45) is 0 Å². The minimum atomic E-state index is -0.235. The Labute approximate surface area is 102 Å². The van der Waals surface area contributed by atoms with Crippen LogP contribution in [0.15, 0.2) is 12.1 Å². The lowest BCUT2D eigenvalue weighted by atomic mass is 10.0. The highest BCUT2D eigenvalue weighted by Gasteiger charge is 2.21. The van der Waals surface area contributed by atoms with Gasteiger partial charge in [0.1, 0.15) is 6.10 Å². The van der Waals surface area contributed by atoms with Crippen LogP contribution in [0.1, 0.15) is 47.2 Å². The third kappa shape index (κ3) is 2.60. The number of carbonyl (C=O) groups is 1. The van der Waals surface area contributed by atoms with Crippen LogP contribution in [0.5, 0.6) is 0 Å². The smallest absolute Gasteiger partial charge is 0.338 e. The Kier molecular flexibility index (Phi) is 3.36. The second-order valence-corrected chi connectivity index (χ2v) is 4.84. The van der Waals surface area contributed by atoms with Crippen molar-refractivity contribution in [1.82, 2.24) is 0 Å².